The lowest BCUT2D eigenvalue weighted by Gasteiger charge is -2.09. The van der Waals surface area contributed by atoms with E-state index in [1.54, 1.807) is 48.5 Å². The lowest BCUT2D eigenvalue weighted by Crippen LogP contribution is -2.15. The highest BCUT2D eigenvalue weighted by Gasteiger charge is 2.16. The predicted molar refractivity (Wildman–Crippen MR) is 122 cm³/mol. The minimum atomic E-state index is -0.399. The molecule has 0 saturated carbocycles. The summed E-state index contributed by atoms with van der Waals surface area (Å²) < 4.78 is 19.1. The van der Waals surface area contributed by atoms with E-state index in [4.69, 9.17) is 4.42 Å². The molecule has 32 heavy (non-hydrogen) atoms. The van der Waals surface area contributed by atoms with Gasteiger partial charge in [-0.05, 0) is 55.3 Å². The molecule has 0 unspecified atom stereocenters. The fourth-order valence-corrected chi connectivity index (χ4v) is 4.10. The van der Waals surface area contributed by atoms with Gasteiger partial charge >= 0.3 is 0 Å². The van der Waals surface area contributed by atoms with Crippen molar-refractivity contribution in [2.45, 2.75) is 20.3 Å². The van der Waals surface area contributed by atoms with Crippen LogP contribution in [0.5, 0.6) is 0 Å². The fourth-order valence-electron chi connectivity index (χ4n) is 3.12. The number of furan rings is 1. The second-order valence-electron chi connectivity index (χ2n) is 7.21. The zero-order valence-electron chi connectivity index (χ0n) is 17.4. The minimum absolute atomic E-state index is 0.180. The molecule has 0 aliphatic heterocycles. The van der Waals surface area contributed by atoms with Crippen molar-refractivity contribution in [2.75, 3.05) is 10.6 Å². The van der Waals surface area contributed by atoms with Gasteiger partial charge in [-0.25, -0.2) is 9.37 Å². The maximum atomic E-state index is 14.0. The van der Waals surface area contributed by atoms with Crippen molar-refractivity contribution in [3.63, 3.8) is 0 Å². The summed E-state index contributed by atoms with van der Waals surface area (Å²) in [6, 6.07) is 14.8. The Morgan fingerprint density at radius 2 is 1.84 bits per heavy atom. The molecule has 2 aromatic carbocycles. The van der Waals surface area contributed by atoms with Crippen molar-refractivity contribution in [1.82, 2.24) is 4.98 Å². The van der Waals surface area contributed by atoms with E-state index < -0.39 is 5.91 Å². The van der Waals surface area contributed by atoms with Crippen LogP contribution in [0, 0.1) is 19.7 Å². The monoisotopic (exact) mass is 449 g/mol. The first-order chi connectivity index (χ1) is 15.4. The van der Waals surface area contributed by atoms with Crippen molar-refractivity contribution >= 4 is 34.0 Å². The maximum absolute atomic E-state index is 14.0. The van der Waals surface area contributed by atoms with Crippen LogP contribution in [-0.4, -0.2) is 16.8 Å². The number of halogens is 1. The number of amides is 2. The third-order valence-corrected chi connectivity index (χ3v) is 5.99. The standard InChI is InChI=1S/C24H20FN3O3S/c1-14-9-10-17(12-19(14)27-23(30)20-8-5-11-31-20)22(29)28-24-26-15(2)21(32-24)13-16-6-3-4-7-18(16)25/h3-12H,13H2,1-2H3,(H,27,30)(H,26,28,29). The third-order valence-electron chi connectivity index (χ3n) is 4.91. The molecule has 0 aliphatic carbocycles. The number of anilines is 2. The quantitative estimate of drug-likeness (QED) is 0.402. The summed E-state index contributed by atoms with van der Waals surface area (Å²) in [4.78, 5) is 30.3. The van der Waals surface area contributed by atoms with E-state index in [0.29, 0.717) is 28.4 Å². The molecule has 0 bridgehead atoms. The largest absolute Gasteiger partial charge is 0.459 e. The minimum Gasteiger partial charge on any atom is -0.459 e. The van der Waals surface area contributed by atoms with E-state index in [-0.39, 0.29) is 17.5 Å². The van der Waals surface area contributed by atoms with Crippen LogP contribution in [0.3, 0.4) is 0 Å². The summed E-state index contributed by atoms with van der Waals surface area (Å²) in [6.45, 7) is 3.66. The van der Waals surface area contributed by atoms with Gasteiger partial charge in [-0.15, -0.1) is 11.3 Å². The Balaban J connectivity index is 1.48. The summed E-state index contributed by atoms with van der Waals surface area (Å²) in [5, 5.41) is 5.98. The van der Waals surface area contributed by atoms with Gasteiger partial charge in [0.15, 0.2) is 10.9 Å². The van der Waals surface area contributed by atoms with E-state index in [1.165, 1.54) is 23.7 Å². The number of rotatable bonds is 6. The Morgan fingerprint density at radius 3 is 2.59 bits per heavy atom. The molecule has 0 fully saturated rings. The SMILES string of the molecule is Cc1ccc(C(=O)Nc2nc(C)c(Cc3ccccc3F)s2)cc1NC(=O)c1ccco1. The molecule has 2 amide bonds. The van der Waals surface area contributed by atoms with Crippen molar-refractivity contribution in [3.8, 4) is 0 Å². The lowest BCUT2D eigenvalue weighted by molar-refractivity contribution is 0.0993. The average molecular weight is 450 g/mol. The number of aryl methyl sites for hydroxylation is 2. The van der Waals surface area contributed by atoms with Gasteiger partial charge in [-0.3, -0.25) is 14.9 Å². The van der Waals surface area contributed by atoms with Gasteiger partial charge in [0.2, 0.25) is 0 Å². The topological polar surface area (TPSA) is 84.2 Å². The Bertz CT molecular complexity index is 1280. The Morgan fingerprint density at radius 1 is 1.03 bits per heavy atom. The molecule has 4 aromatic rings. The Hall–Kier alpha value is -3.78. The van der Waals surface area contributed by atoms with Crippen molar-refractivity contribution in [2.24, 2.45) is 0 Å². The van der Waals surface area contributed by atoms with Crippen LogP contribution >= 0.6 is 11.3 Å². The van der Waals surface area contributed by atoms with Crippen LogP contribution in [0.2, 0.25) is 0 Å². The smallest absolute Gasteiger partial charge is 0.291 e. The predicted octanol–water partition coefficient (Wildman–Crippen LogP) is 5.59. The van der Waals surface area contributed by atoms with Crippen LogP contribution < -0.4 is 10.6 Å². The molecule has 2 heterocycles. The van der Waals surface area contributed by atoms with Crippen molar-refractivity contribution in [1.29, 1.82) is 0 Å². The highest BCUT2D eigenvalue weighted by Crippen LogP contribution is 2.27. The number of hydrogen-bond acceptors (Lipinski definition) is 5. The van der Waals surface area contributed by atoms with Crippen LogP contribution in [0.4, 0.5) is 15.2 Å². The van der Waals surface area contributed by atoms with Gasteiger partial charge in [0.05, 0.1) is 12.0 Å². The first kappa shape index (κ1) is 21.5. The molecule has 0 spiro atoms. The van der Waals surface area contributed by atoms with Crippen LogP contribution in [0.1, 0.15) is 42.6 Å². The van der Waals surface area contributed by atoms with Crippen molar-refractivity contribution in [3.05, 3.63) is 99.7 Å². The molecule has 0 atom stereocenters. The summed E-state index contributed by atoms with van der Waals surface area (Å²) in [6.07, 6.45) is 1.82. The highest BCUT2D eigenvalue weighted by atomic mass is 32.1. The molecule has 4 rings (SSSR count). The summed E-state index contributed by atoms with van der Waals surface area (Å²) >= 11 is 1.31. The zero-order valence-corrected chi connectivity index (χ0v) is 18.3. The summed E-state index contributed by atoms with van der Waals surface area (Å²) in [5.74, 6) is -0.844. The molecule has 2 aromatic heterocycles. The maximum Gasteiger partial charge on any atom is 0.291 e. The van der Waals surface area contributed by atoms with Gasteiger partial charge in [-0.1, -0.05) is 24.3 Å². The number of carbonyl (C=O) groups is 2. The highest BCUT2D eigenvalue weighted by molar-refractivity contribution is 7.15. The number of nitrogens with one attached hydrogen (secondary N) is 2. The Labute approximate surface area is 188 Å². The number of hydrogen-bond donors (Lipinski definition) is 2. The van der Waals surface area contributed by atoms with Crippen LogP contribution in [0.25, 0.3) is 0 Å². The van der Waals surface area contributed by atoms with E-state index in [9.17, 15) is 14.0 Å². The molecule has 162 valence electrons. The fraction of sp³-hybridized carbons (Fsp3) is 0.125. The van der Waals surface area contributed by atoms with Gasteiger partial charge in [0.1, 0.15) is 5.82 Å². The number of nitrogens with zero attached hydrogens (tertiary/aromatic N) is 1. The third kappa shape index (κ3) is 4.76. The zero-order chi connectivity index (χ0) is 22.7. The number of aromatic nitrogens is 1. The molecular formula is C24H20FN3O3S. The molecular weight excluding hydrogens is 429 g/mol. The number of carbonyl (C=O) groups excluding carboxylic acids is 2. The second kappa shape index (κ2) is 9.15. The first-order valence-electron chi connectivity index (χ1n) is 9.87. The van der Waals surface area contributed by atoms with Crippen molar-refractivity contribution < 1.29 is 18.4 Å². The normalized spacial score (nSPS) is 10.7. The molecule has 0 aliphatic rings. The molecule has 6 nitrogen and oxygen atoms in total. The van der Waals surface area contributed by atoms with E-state index in [1.807, 2.05) is 13.8 Å². The van der Waals surface area contributed by atoms with E-state index in [0.717, 1.165) is 16.1 Å². The molecule has 8 heteroatoms. The lowest BCUT2D eigenvalue weighted by atomic mass is 10.1. The first-order valence-corrected chi connectivity index (χ1v) is 10.7. The van der Waals surface area contributed by atoms with Crippen LogP contribution in [0.15, 0.2) is 65.3 Å². The molecule has 0 radical (unpaired) electrons. The van der Waals surface area contributed by atoms with Gasteiger partial charge < -0.3 is 9.73 Å². The average Bonchev–Trinajstić information content (AvgIpc) is 3.42. The van der Waals surface area contributed by atoms with Crippen LogP contribution in [-0.2, 0) is 6.42 Å². The molecule has 2 N–H and O–H groups in total. The summed E-state index contributed by atoms with van der Waals surface area (Å²) in [5.41, 5.74) is 3.00. The van der Waals surface area contributed by atoms with E-state index >= 15 is 0 Å². The number of benzene rings is 2. The van der Waals surface area contributed by atoms with Gasteiger partial charge in [-0.2, -0.15) is 0 Å². The number of thiazole rings is 1. The van der Waals surface area contributed by atoms with Gasteiger partial charge in [0.25, 0.3) is 11.8 Å². The van der Waals surface area contributed by atoms with Gasteiger partial charge in [0, 0.05) is 22.5 Å². The summed E-state index contributed by atoms with van der Waals surface area (Å²) in [7, 11) is 0. The van der Waals surface area contributed by atoms with E-state index in [2.05, 4.69) is 15.6 Å². The second-order valence-corrected chi connectivity index (χ2v) is 8.29. The Kier molecular flexibility index (Phi) is 6.13. The molecule has 0 saturated heterocycles.